The number of carbonyl (C=O) groups excluding carboxylic acids is 1. The molecule has 0 saturated carbocycles. The molecule has 0 N–H and O–H groups in total. The zero-order valence-corrected chi connectivity index (χ0v) is 26.0. The molecule has 0 atom stereocenters. The largest absolute Gasteiger partial charge is 0.444 e. The number of hydrogen-bond donors (Lipinski definition) is 0. The maximum absolute atomic E-state index is 13.8. The van der Waals surface area contributed by atoms with Crippen molar-refractivity contribution in [2.45, 2.75) is 6.61 Å². The average molecular weight is 655 g/mol. The molecule has 4 aromatic heterocycles. The smallest absolute Gasteiger partial charge is 0.419 e. The Morgan fingerprint density at radius 3 is 2.35 bits per heavy atom. The SMILES string of the molecule is O=C(OCc1ccccc1)n1c2cc(-c3ccc(/N=c4\c(=O)c(=O)c5ccccc45)c4nsnc34)sc2c2sc3ccccc3c21. The predicted octanol–water partition coefficient (Wildman–Crippen LogP) is 7.91. The molecule has 5 aromatic carbocycles. The minimum atomic E-state index is -0.630. The molecule has 220 valence electrons. The van der Waals surface area contributed by atoms with Crippen LogP contribution < -0.4 is 16.2 Å². The van der Waals surface area contributed by atoms with E-state index in [0.717, 1.165) is 58.3 Å². The van der Waals surface area contributed by atoms with Gasteiger partial charge in [0.1, 0.15) is 23.0 Å². The minimum Gasteiger partial charge on any atom is -0.444 e. The van der Waals surface area contributed by atoms with Gasteiger partial charge >= 0.3 is 6.09 Å². The highest BCUT2D eigenvalue weighted by Crippen LogP contribution is 2.47. The van der Waals surface area contributed by atoms with E-state index in [-0.39, 0.29) is 12.0 Å². The van der Waals surface area contributed by atoms with Gasteiger partial charge in [-0.25, -0.2) is 14.4 Å². The molecule has 9 rings (SSSR count). The molecular formula is C35H18N4O4S3. The summed E-state index contributed by atoms with van der Waals surface area (Å²) in [5.41, 5.74) is 3.79. The summed E-state index contributed by atoms with van der Waals surface area (Å²) in [7, 11) is 0. The Kier molecular flexibility index (Phi) is 6.07. The second kappa shape index (κ2) is 10.3. The van der Waals surface area contributed by atoms with Gasteiger partial charge in [0.15, 0.2) is 0 Å². The molecule has 0 aliphatic heterocycles. The third kappa shape index (κ3) is 4.02. The minimum absolute atomic E-state index is 0.111. The number of benzene rings is 4. The molecule has 0 fully saturated rings. The van der Waals surface area contributed by atoms with Gasteiger partial charge in [-0.05, 0) is 29.8 Å². The van der Waals surface area contributed by atoms with Gasteiger partial charge in [0, 0.05) is 31.3 Å². The van der Waals surface area contributed by atoms with Crippen LogP contribution in [-0.2, 0) is 11.3 Å². The summed E-state index contributed by atoms with van der Waals surface area (Å²) in [5, 5.41) is 1.99. The summed E-state index contributed by atoms with van der Waals surface area (Å²) in [4.78, 5) is 44.7. The standard InChI is InChI=1S/C35H18N4O4S3/c40-31-20-11-5-4-10-19(20)28(32(31)41)36-23-15-14-21(27-29(23)38-46-37-27)26-16-24-33(45-26)34-30(22-12-6-7-13-25(22)44-34)39(24)35(42)43-17-18-8-2-1-3-9-18/h1-16H,17H2/b36-28-. The van der Waals surface area contributed by atoms with Crippen molar-refractivity contribution >= 4 is 98.5 Å². The Morgan fingerprint density at radius 1 is 0.761 bits per heavy atom. The van der Waals surface area contributed by atoms with E-state index in [9.17, 15) is 14.4 Å². The zero-order valence-electron chi connectivity index (χ0n) is 23.6. The van der Waals surface area contributed by atoms with E-state index in [1.165, 1.54) is 0 Å². The van der Waals surface area contributed by atoms with Gasteiger partial charge < -0.3 is 4.74 Å². The van der Waals surface area contributed by atoms with E-state index in [1.54, 1.807) is 57.6 Å². The summed E-state index contributed by atoms with van der Waals surface area (Å²) >= 11 is 4.29. The maximum atomic E-state index is 13.8. The molecule has 0 aliphatic carbocycles. The fraction of sp³-hybridized carbons (Fsp3) is 0.0286. The molecule has 0 amide bonds. The number of aromatic nitrogens is 3. The van der Waals surface area contributed by atoms with Gasteiger partial charge in [0.2, 0.25) is 5.43 Å². The lowest BCUT2D eigenvalue weighted by molar-refractivity contribution is 0.143. The molecule has 0 bridgehead atoms. The van der Waals surface area contributed by atoms with E-state index in [4.69, 9.17) is 4.74 Å². The molecule has 8 nitrogen and oxygen atoms in total. The van der Waals surface area contributed by atoms with Crippen LogP contribution in [0.25, 0.3) is 62.8 Å². The molecule has 4 heterocycles. The van der Waals surface area contributed by atoms with E-state index in [2.05, 4.69) is 19.8 Å². The van der Waals surface area contributed by atoms with Gasteiger partial charge in [-0.15, -0.1) is 22.7 Å². The molecule has 0 saturated heterocycles. The Balaban J connectivity index is 1.21. The first-order valence-corrected chi connectivity index (χ1v) is 16.6. The Hall–Kier alpha value is -5.36. The van der Waals surface area contributed by atoms with Gasteiger partial charge in [-0.2, -0.15) is 8.75 Å². The molecule has 0 spiro atoms. The summed E-state index contributed by atoms with van der Waals surface area (Å²) in [6.45, 7) is 0.160. The monoisotopic (exact) mass is 654 g/mol. The Bertz CT molecular complexity index is 2840. The highest BCUT2D eigenvalue weighted by atomic mass is 32.1. The number of hydrogen-bond acceptors (Lipinski definition) is 10. The van der Waals surface area contributed by atoms with Crippen LogP contribution in [0.5, 0.6) is 0 Å². The van der Waals surface area contributed by atoms with Crippen molar-refractivity contribution in [2.24, 2.45) is 4.99 Å². The molecule has 46 heavy (non-hydrogen) atoms. The third-order valence-corrected chi connectivity index (χ3v) is 11.1. The first-order valence-electron chi connectivity index (χ1n) is 14.3. The normalized spacial score (nSPS) is 12.4. The topological polar surface area (TPSA) is 104 Å². The van der Waals surface area contributed by atoms with Crippen LogP contribution in [-0.4, -0.2) is 19.4 Å². The van der Waals surface area contributed by atoms with Crippen LogP contribution in [0.15, 0.2) is 112 Å². The average Bonchev–Trinajstić information content (AvgIpc) is 3.90. The van der Waals surface area contributed by atoms with Crippen molar-refractivity contribution in [3.8, 4) is 10.4 Å². The van der Waals surface area contributed by atoms with Gasteiger partial charge in [0.05, 0.1) is 37.8 Å². The van der Waals surface area contributed by atoms with Crippen molar-refractivity contribution < 1.29 is 9.53 Å². The lowest BCUT2D eigenvalue weighted by Gasteiger charge is -2.08. The van der Waals surface area contributed by atoms with Crippen molar-refractivity contribution in [1.29, 1.82) is 0 Å². The Morgan fingerprint density at radius 2 is 1.50 bits per heavy atom. The van der Waals surface area contributed by atoms with Crippen LogP contribution >= 0.6 is 34.4 Å². The molecule has 9 aromatic rings. The number of thiophene rings is 2. The lowest BCUT2D eigenvalue weighted by Crippen LogP contribution is -2.30. The van der Waals surface area contributed by atoms with E-state index in [0.29, 0.717) is 27.5 Å². The number of rotatable bonds is 4. The van der Waals surface area contributed by atoms with Crippen molar-refractivity contribution in [3.63, 3.8) is 0 Å². The highest BCUT2D eigenvalue weighted by molar-refractivity contribution is 7.32. The fourth-order valence-electron chi connectivity index (χ4n) is 5.96. The molecular weight excluding hydrogens is 637 g/mol. The summed E-state index contributed by atoms with van der Waals surface area (Å²) < 4.78 is 19.7. The summed E-state index contributed by atoms with van der Waals surface area (Å²) in [6.07, 6.45) is -0.445. The number of fused-ring (bicyclic) bond motifs is 7. The molecule has 0 aliphatic rings. The van der Waals surface area contributed by atoms with Crippen LogP contribution in [0.4, 0.5) is 10.5 Å². The second-order valence-corrected chi connectivity index (χ2v) is 13.4. The highest BCUT2D eigenvalue weighted by Gasteiger charge is 2.25. The van der Waals surface area contributed by atoms with Crippen molar-refractivity contribution in [2.75, 3.05) is 0 Å². The van der Waals surface area contributed by atoms with Crippen molar-refractivity contribution in [3.05, 3.63) is 128 Å². The molecule has 0 unspecified atom stereocenters. The van der Waals surface area contributed by atoms with E-state index >= 15 is 0 Å². The van der Waals surface area contributed by atoms with Gasteiger partial charge in [0.25, 0.3) is 5.43 Å². The van der Waals surface area contributed by atoms with Crippen LogP contribution in [0.2, 0.25) is 0 Å². The van der Waals surface area contributed by atoms with Crippen molar-refractivity contribution in [1.82, 2.24) is 13.3 Å². The number of carbonyl (C=O) groups is 1. The fourth-order valence-corrected chi connectivity index (χ4v) is 9.02. The van der Waals surface area contributed by atoms with Crippen LogP contribution in [0.3, 0.4) is 0 Å². The number of nitrogens with zero attached hydrogens (tertiary/aromatic N) is 4. The predicted molar refractivity (Wildman–Crippen MR) is 185 cm³/mol. The molecule has 0 radical (unpaired) electrons. The van der Waals surface area contributed by atoms with E-state index < -0.39 is 17.0 Å². The van der Waals surface area contributed by atoms with Crippen LogP contribution in [0, 0.1) is 0 Å². The zero-order chi connectivity index (χ0) is 30.9. The van der Waals surface area contributed by atoms with Crippen LogP contribution in [0.1, 0.15) is 5.56 Å². The third-order valence-electron chi connectivity index (χ3n) is 8.08. The summed E-state index contributed by atoms with van der Waals surface area (Å²) in [6, 6.07) is 30.3. The second-order valence-electron chi connectivity index (χ2n) is 10.7. The maximum Gasteiger partial charge on any atom is 0.419 e. The molecule has 11 heteroatoms. The summed E-state index contributed by atoms with van der Waals surface area (Å²) in [5.74, 6) is 0. The first-order chi connectivity index (χ1) is 22.6. The Labute approximate surface area is 270 Å². The quantitative estimate of drug-likeness (QED) is 0.179. The van der Waals surface area contributed by atoms with Gasteiger partial charge in [-0.1, -0.05) is 72.8 Å². The van der Waals surface area contributed by atoms with Gasteiger partial charge in [-0.3, -0.25) is 9.59 Å². The van der Waals surface area contributed by atoms with E-state index in [1.807, 2.05) is 60.7 Å². The lowest BCUT2D eigenvalue weighted by atomic mass is 10.1. The number of ether oxygens (including phenoxy) is 1. The first kappa shape index (κ1) is 27.0.